The summed E-state index contributed by atoms with van der Waals surface area (Å²) in [4.78, 5) is 12.2. The van der Waals surface area contributed by atoms with Crippen LogP contribution in [0.1, 0.15) is 127 Å². The van der Waals surface area contributed by atoms with E-state index in [-0.39, 0.29) is 13.2 Å². The maximum atomic E-state index is 12.2. The van der Waals surface area contributed by atoms with Gasteiger partial charge in [-0.2, -0.15) is 8.42 Å². The van der Waals surface area contributed by atoms with Gasteiger partial charge < -0.3 is 5.32 Å². The molecule has 0 fully saturated rings. The van der Waals surface area contributed by atoms with Gasteiger partial charge in [-0.15, -0.1) is 0 Å². The van der Waals surface area contributed by atoms with Gasteiger partial charge in [0.1, 0.15) is 0 Å². The van der Waals surface area contributed by atoms with E-state index in [1.165, 1.54) is 44.9 Å². The third kappa shape index (κ3) is 12.4. The quantitative estimate of drug-likeness (QED) is 0.236. The van der Waals surface area contributed by atoms with Crippen molar-refractivity contribution >= 4 is 16.3 Å². The Morgan fingerprint density at radius 3 is 1.82 bits per heavy atom. The molecule has 190 valence electrons. The Morgan fingerprint density at radius 2 is 1.33 bits per heavy atom. The summed E-state index contributed by atoms with van der Waals surface area (Å²) < 4.78 is 31.0. The van der Waals surface area contributed by atoms with E-state index in [1.807, 2.05) is 10.8 Å². The minimum atomic E-state index is -4.11. The van der Waals surface area contributed by atoms with E-state index >= 15 is 0 Å². The summed E-state index contributed by atoms with van der Waals surface area (Å²) in [5, 5.41) is 2.68. The molecule has 0 saturated heterocycles. The van der Waals surface area contributed by atoms with Crippen LogP contribution in [-0.2, 0) is 21.0 Å². The Bertz CT molecular complexity index is 765. The van der Waals surface area contributed by atoms with Gasteiger partial charge in [-0.05, 0) is 34.9 Å². The molecular weight excluding hydrogens is 436 g/mol. The Hall–Kier alpha value is -1.60. The van der Waals surface area contributed by atoms with Crippen LogP contribution in [0.2, 0.25) is 0 Å². The Labute approximate surface area is 202 Å². The van der Waals surface area contributed by atoms with Crippen LogP contribution >= 0.6 is 0 Å². The second-order valence-corrected chi connectivity index (χ2v) is 10.8. The van der Waals surface area contributed by atoms with Crippen LogP contribution in [0, 0.1) is 0 Å². The standard InChI is InChI=1S/C26H46N2O4S/c1-6-7-8-9-10-11-12-13-14-15-19-32-33(30,31)28-26(29)27-20-25-23(21(2)3)17-16-18-24(25)22(4)5/h16-18,21-22H,6-15,19-20H2,1-5H3,(H2,27,28,29). The van der Waals surface area contributed by atoms with Crippen molar-refractivity contribution in [2.45, 2.75) is 117 Å². The molecule has 6 nitrogen and oxygen atoms in total. The number of rotatable bonds is 17. The van der Waals surface area contributed by atoms with Crippen LogP contribution in [0.5, 0.6) is 0 Å². The van der Waals surface area contributed by atoms with Crippen LogP contribution in [0.15, 0.2) is 18.2 Å². The van der Waals surface area contributed by atoms with E-state index in [2.05, 4.69) is 52.1 Å². The van der Waals surface area contributed by atoms with Crippen LogP contribution in [0.4, 0.5) is 4.79 Å². The molecular formula is C26H46N2O4S. The number of amides is 2. The molecule has 0 aliphatic rings. The number of urea groups is 1. The molecule has 0 aliphatic heterocycles. The van der Waals surface area contributed by atoms with Crippen molar-refractivity contribution < 1.29 is 17.4 Å². The van der Waals surface area contributed by atoms with Crippen LogP contribution in [0.25, 0.3) is 0 Å². The van der Waals surface area contributed by atoms with E-state index in [1.54, 1.807) is 0 Å². The maximum absolute atomic E-state index is 12.2. The molecule has 0 saturated carbocycles. The predicted molar refractivity (Wildman–Crippen MR) is 137 cm³/mol. The number of hydrogen-bond acceptors (Lipinski definition) is 4. The number of hydrogen-bond donors (Lipinski definition) is 2. The van der Waals surface area contributed by atoms with Crippen LogP contribution in [0.3, 0.4) is 0 Å². The molecule has 0 heterocycles. The number of unbranched alkanes of at least 4 members (excludes halogenated alkanes) is 9. The van der Waals surface area contributed by atoms with Crippen molar-refractivity contribution in [2.24, 2.45) is 0 Å². The first-order valence-corrected chi connectivity index (χ1v) is 14.2. The molecule has 0 radical (unpaired) electrons. The topological polar surface area (TPSA) is 84.5 Å². The summed E-state index contributed by atoms with van der Waals surface area (Å²) in [6.07, 6.45) is 11.6. The van der Waals surface area contributed by atoms with Gasteiger partial charge in [0.25, 0.3) is 0 Å². The Kier molecular flexibility index (Phi) is 14.4. The molecule has 0 atom stereocenters. The molecule has 0 bridgehead atoms. The highest BCUT2D eigenvalue weighted by Crippen LogP contribution is 2.27. The lowest BCUT2D eigenvalue weighted by atomic mass is 9.89. The second kappa shape index (κ2) is 16.1. The first-order chi connectivity index (χ1) is 15.7. The minimum absolute atomic E-state index is 0.0901. The van der Waals surface area contributed by atoms with E-state index in [0.717, 1.165) is 29.5 Å². The van der Waals surface area contributed by atoms with Gasteiger partial charge in [-0.3, -0.25) is 4.18 Å². The summed E-state index contributed by atoms with van der Waals surface area (Å²) >= 11 is 0. The summed E-state index contributed by atoms with van der Waals surface area (Å²) in [7, 11) is -4.11. The summed E-state index contributed by atoms with van der Waals surface area (Å²) in [5.41, 5.74) is 3.35. The third-order valence-corrected chi connectivity index (χ3v) is 6.78. The lowest BCUT2D eigenvalue weighted by Gasteiger charge is -2.20. The van der Waals surface area contributed by atoms with Crippen molar-refractivity contribution in [1.82, 2.24) is 10.0 Å². The normalized spacial score (nSPS) is 11.8. The number of carbonyl (C=O) groups excluding carboxylic acids is 1. The van der Waals surface area contributed by atoms with Crippen molar-refractivity contribution in [2.75, 3.05) is 6.61 Å². The van der Waals surface area contributed by atoms with Gasteiger partial charge in [0.05, 0.1) is 6.61 Å². The SMILES string of the molecule is CCCCCCCCCCCCOS(=O)(=O)NC(=O)NCc1c(C(C)C)cccc1C(C)C. The van der Waals surface area contributed by atoms with Crippen molar-refractivity contribution in [3.63, 3.8) is 0 Å². The third-order valence-electron chi connectivity index (χ3n) is 5.87. The van der Waals surface area contributed by atoms with E-state index in [0.29, 0.717) is 18.3 Å². The van der Waals surface area contributed by atoms with Gasteiger partial charge in [0.2, 0.25) is 0 Å². The lowest BCUT2D eigenvalue weighted by molar-refractivity contribution is 0.242. The summed E-state index contributed by atoms with van der Waals surface area (Å²) in [6.45, 7) is 11.0. The fraction of sp³-hybridized carbons (Fsp3) is 0.731. The van der Waals surface area contributed by atoms with Gasteiger partial charge in [0, 0.05) is 6.54 Å². The molecule has 0 aromatic heterocycles. The average molecular weight is 483 g/mol. The van der Waals surface area contributed by atoms with Crippen LogP contribution < -0.4 is 10.0 Å². The van der Waals surface area contributed by atoms with Crippen LogP contribution in [-0.4, -0.2) is 21.1 Å². The molecule has 33 heavy (non-hydrogen) atoms. The second-order valence-electron chi connectivity index (χ2n) is 9.47. The fourth-order valence-electron chi connectivity index (χ4n) is 4.02. The molecule has 0 aliphatic carbocycles. The van der Waals surface area contributed by atoms with Gasteiger partial charge in [0.15, 0.2) is 0 Å². The Balaban J connectivity index is 2.34. The fourth-order valence-corrected chi connectivity index (χ4v) is 4.71. The van der Waals surface area contributed by atoms with E-state index in [4.69, 9.17) is 4.18 Å². The summed E-state index contributed by atoms with van der Waals surface area (Å²) in [6, 6.07) is 5.36. The zero-order valence-corrected chi connectivity index (χ0v) is 22.2. The molecule has 1 rings (SSSR count). The highest BCUT2D eigenvalue weighted by Gasteiger charge is 2.17. The Morgan fingerprint density at radius 1 is 0.848 bits per heavy atom. The molecule has 0 spiro atoms. The van der Waals surface area contributed by atoms with E-state index < -0.39 is 16.3 Å². The zero-order valence-electron chi connectivity index (χ0n) is 21.4. The number of benzene rings is 1. The molecule has 0 unspecified atom stereocenters. The molecule has 7 heteroatoms. The number of carbonyl (C=O) groups is 1. The van der Waals surface area contributed by atoms with Gasteiger partial charge in [-0.25, -0.2) is 9.52 Å². The average Bonchev–Trinajstić information content (AvgIpc) is 2.75. The first kappa shape index (κ1) is 29.4. The smallest absolute Gasteiger partial charge is 0.333 e. The summed E-state index contributed by atoms with van der Waals surface area (Å²) in [5.74, 6) is 0.605. The van der Waals surface area contributed by atoms with Crippen molar-refractivity contribution in [3.05, 3.63) is 34.9 Å². The highest BCUT2D eigenvalue weighted by molar-refractivity contribution is 7.85. The zero-order chi connectivity index (χ0) is 24.7. The highest BCUT2D eigenvalue weighted by atomic mass is 32.2. The molecule has 2 amide bonds. The van der Waals surface area contributed by atoms with Gasteiger partial charge in [-0.1, -0.05) is 111 Å². The molecule has 1 aromatic rings. The van der Waals surface area contributed by atoms with E-state index in [9.17, 15) is 13.2 Å². The van der Waals surface area contributed by atoms with Gasteiger partial charge >= 0.3 is 16.3 Å². The predicted octanol–water partition coefficient (Wildman–Crippen LogP) is 6.91. The largest absolute Gasteiger partial charge is 0.363 e. The molecule has 1 aromatic carbocycles. The van der Waals surface area contributed by atoms with Crippen molar-refractivity contribution in [3.8, 4) is 0 Å². The minimum Gasteiger partial charge on any atom is -0.333 e. The van der Waals surface area contributed by atoms with Crippen molar-refractivity contribution in [1.29, 1.82) is 0 Å². The first-order valence-electron chi connectivity index (χ1n) is 12.7. The molecule has 2 N–H and O–H groups in total. The monoisotopic (exact) mass is 482 g/mol. The number of nitrogens with one attached hydrogen (secondary N) is 2. The maximum Gasteiger partial charge on any atom is 0.363 e. The lowest BCUT2D eigenvalue weighted by Crippen LogP contribution is -2.40.